The lowest BCUT2D eigenvalue weighted by Gasteiger charge is -2.14. The molecule has 11 aromatic carbocycles. The van der Waals surface area contributed by atoms with Crippen molar-refractivity contribution in [3.05, 3.63) is 273 Å². The first-order valence-electron chi connectivity index (χ1n) is 26.8. The Labute approximate surface area is 459 Å². The summed E-state index contributed by atoms with van der Waals surface area (Å²) in [6.45, 7) is 0. The third-order valence-corrected chi connectivity index (χ3v) is 15.6. The number of rotatable bonds is 9. The lowest BCUT2D eigenvalue weighted by atomic mass is 9.98. The third-order valence-electron chi connectivity index (χ3n) is 15.6. The van der Waals surface area contributed by atoms with Crippen molar-refractivity contribution in [3.8, 4) is 79.2 Å². The van der Waals surface area contributed by atoms with Crippen molar-refractivity contribution in [1.82, 2.24) is 43.6 Å². The molecule has 0 N–H and O–H groups in total. The average Bonchev–Trinajstić information content (AvgIpc) is 4.43. The van der Waals surface area contributed by atoms with Gasteiger partial charge in [-0.05, 0) is 124 Å². The summed E-state index contributed by atoms with van der Waals surface area (Å²) < 4.78 is 8.72. The molecular weight excluding hydrogens is 979 g/mol. The van der Waals surface area contributed by atoms with E-state index < -0.39 is 0 Å². The van der Waals surface area contributed by atoms with Crippen LogP contribution in [0.4, 0.5) is 0 Å². The molecule has 0 atom stereocenters. The fourth-order valence-electron chi connectivity index (χ4n) is 11.9. The van der Waals surface area contributed by atoms with E-state index in [1.165, 1.54) is 0 Å². The van der Waals surface area contributed by atoms with E-state index in [0.29, 0.717) is 17.6 Å². The normalized spacial score (nSPS) is 11.8. The molecule has 9 nitrogen and oxygen atoms in total. The fraction of sp³-hybridized carbons (Fsp3) is 0. The molecule has 80 heavy (non-hydrogen) atoms. The number of benzene rings is 11. The van der Waals surface area contributed by atoms with Crippen LogP contribution in [0.5, 0.6) is 0 Å². The maximum atomic E-state index is 5.06. The first kappa shape index (κ1) is 45.2. The van der Waals surface area contributed by atoms with Gasteiger partial charge in [-0.25, -0.2) is 9.67 Å². The Morgan fingerprint density at radius 3 is 1.12 bits per heavy atom. The van der Waals surface area contributed by atoms with E-state index in [1.807, 2.05) is 88.5 Å². The SMILES string of the molecule is c1ccc(-c2cc(-c3ccccc3)cc(-n3c4ccc(-c5ccc6c(c5)c5ccc7c(cnn7-c7nc(-c8ccccc8)nc(-c8ccccc8)n7)c5n6-c5ccccc5)cc4c4ccc5c(cnn5-c5ccccc5)c43)c2)cc1. The van der Waals surface area contributed by atoms with Gasteiger partial charge in [0.15, 0.2) is 11.6 Å². The Hall–Kier alpha value is -11.0. The van der Waals surface area contributed by atoms with Gasteiger partial charge in [0.05, 0.1) is 51.2 Å². The minimum absolute atomic E-state index is 0.444. The highest BCUT2D eigenvalue weighted by Crippen LogP contribution is 2.43. The third kappa shape index (κ3) is 7.36. The monoisotopic (exact) mass is 1020 g/mol. The number of fused-ring (bicyclic) bond motifs is 10. The Balaban J connectivity index is 0.895. The van der Waals surface area contributed by atoms with Crippen LogP contribution in [0.15, 0.2) is 273 Å². The molecule has 0 spiro atoms. The van der Waals surface area contributed by atoms with E-state index in [4.69, 9.17) is 25.1 Å². The number of hydrogen-bond donors (Lipinski definition) is 0. The van der Waals surface area contributed by atoms with Crippen LogP contribution in [-0.2, 0) is 0 Å². The van der Waals surface area contributed by atoms with E-state index in [2.05, 4.69) is 203 Å². The number of nitrogens with zero attached hydrogens (tertiary/aromatic N) is 9. The second-order valence-corrected chi connectivity index (χ2v) is 20.2. The van der Waals surface area contributed by atoms with Crippen LogP contribution < -0.4 is 0 Å². The molecular formula is C71H45N9. The topological polar surface area (TPSA) is 84.2 Å². The van der Waals surface area contributed by atoms with Crippen molar-refractivity contribution < 1.29 is 0 Å². The summed E-state index contributed by atoms with van der Waals surface area (Å²) in [7, 11) is 0. The van der Waals surface area contributed by atoms with Gasteiger partial charge in [-0.2, -0.15) is 24.8 Å². The van der Waals surface area contributed by atoms with Crippen LogP contribution in [0.1, 0.15) is 0 Å². The number of para-hydroxylation sites is 2. The molecule has 0 saturated carbocycles. The molecule has 5 aromatic heterocycles. The Kier molecular flexibility index (Phi) is 10.4. The van der Waals surface area contributed by atoms with Gasteiger partial charge in [0.25, 0.3) is 5.95 Å². The summed E-state index contributed by atoms with van der Waals surface area (Å²) in [6, 6.07) is 92.2. The van der Waals surface area contributed by atoms with Crippen molar-refractivity contribution in [2.45, 2.75) is 0 Å². The van der Waals surface area contributed by atoms with Gasteiger partial charge in [-0.1, -0.05) is 170 Å². The second-order valence-electron chi connectivity index (χ2n) is 20.2. The van der Waals surface area contributed by atoms with E-state index in [-0.39, 0.29) is 0 Å². The highest BCUT2D eigenvalue weighted by molar-refractivity contribution is 6.21. The van der Waals surface area contributed by atoms with E-state index in [1.54, 1.807) is 0 Å². The van der Waals surface area contributed by atoms with E-state index >= 15 is 0 Å². The van der Waals surface area contributed by atoms with Crippen molar-refractivity contribution >= 4 is 65.4 Å². The van der Waals surface area contributed by atoms with Gasteiger partial charge in [-0.15, -0.1) is 0 Å². The Morgan fingerprint density at radius 1 is 0.237 bits per heavy atom. The molecule has 0 saturated heterocycles. The largest absolute Gasteiger partial charge is 0.309 e. The standard InChI is InChI=1S/C71H45N9/c1-7-19-46(20-8-1)52-39-53(47-21-9-2-10-22-47)41-56(40-52)78-64-36-32-51(43-60(64)58-33-37-65-61(68(58)78)44-72-79(65)55-29-17-6-18-30-55)50-31-35-63-59(42-50)57-34-38-66-62(67(57)77(63)54-27-15-5-16-28-54)45-73-80(66)71-75-69(48-23-11-3-12-24-48)74-70(76-71)49-25-13-4-14-26-49/h1-45H. The predicted octanol–water partition coefficient (Wildman–Crippen LogP) is 17.1. The van der Waals surface area contributed by atoms with Crippen molar-refractivity contribution in [2.24, 2.45) is 0 Å². The number of aromatic nitrogens is 9. The van der Waals surface area contributed by atoms with Crippen LogP contribution in [0, 0.1) is 0 Å². The molecule has 0 fully saturated rings. The number of hydrogen-bond acceptors (Lipinski definition) is 5. The van der Waals surface area contributed by atoms with Gasteiger partial charge in [-0.3, -0.25) is 0 Å². The Bertz CT molecular complexity index is 4910. The lowest BCUT2D eigenvalue weighted by molar-refractivity contribution is 0.823. The molecule has 374 valence electrons. The van der Waals surface area contributed by atoms with Gasteiger partial charge in [0, 0.05) is 54.8 Å². The molecule has 0 amide bonds. The second kappa shape index (κ2) is 18.3. The maximum absolute atomic E-state index is 5.06. The fourth-order valence-corrected chi connectivity index (χ4v) is 11.9. The zero-order valence-corrected chi connectivity index (χ0v) is 43.0. The smallest absolute Gasteiger partial charge is 0.255 e. The minimum Gasteiger partial charge on any atom is -0.309 e. The molecule has 0 aliphatic carbocycles. The van der Waals surface area contributed by atoms with Crippen LogP contribution >= 0.6 is 0 Å². The molecule has 0 radical (unpaired) electrons. The summed E-state index contributed by atoms with van der Waals surface area (Å²) in [4.78, 5) is 15.1. The average molecular weight is 1020 g/mol. The van der Waals surface area contributed by atoms with Gasteiger partial charge in [0.2, 0.25) is 0 Å². The highest BCUT2D eigenvalue weighted by Gasteiger charge is 2.23. The summed E-state index contributed by atoms with van der Waals surface area (Å²) in [5, 5.41) is 16.7. The van der Waals surface area contributed by atoms with Gasteiger partial charge in [0.1, 0.15) is 0 Å². The molecule has 0 bridgehead atoms. The van der Waals surface area contributed by atoms with Crippen LogP contribution in [-0.4, -0.2) is 43.6 Å². The lowest BCUT2D eigenvalue weighted by Crippen LogP contribution is -2.07. The molecule has 0 aliphatic rings. The van der Waals surface area contributed by atoms with Crippen LogP contribution in [0.2, 0.25) is 0 Å². The summed E-state index contributed by atoms with van der Waals surface area (Å²) in [5.74, 6) is 1.60. The Morgan fingerprint density at radius 2 is 0.637 bits per heavy atom. The van der Waals surface area contributed by atoms with E-state index in [9.17, 15) is 0 Å². The first-order chi connectivity index (χ1) is 39.7. The van der Waals surface area contributed by atoms with E-state index in [0.717, 1.165) is 127 Å². The molecule has 16 rings (SSSR count). The summed E-state index contributed by atoms with van der Waals surface area (Å²) in [6.07, 6.45) is 3.99. The molecule has 16 aromatic rings. The van der Waals surface area contributed by atoms with Gasteiger partial charge < -0.3 is 9.13 Å². The highest BCUT2D eigenvalue weighted by atomic mass is 15.4. The zero-order chi connectivity index (χ0) is 52.7. The molecule has 0 aliphatic heterocycles. The van der Waals surface area contributed by atoms with Crippen LogP contribution in [0.3, 0.4) is 0 Å². The molecule has 0 unspecified atom stereocenters. The van der Waals surface area contributed by atoms with Gasteiger partial charge >= 0.3 is 0 Å². The molecule has 5 heterocycles. The summed E-state index contributed by atoms with van der Waals surface area (Å²) >= 11 is 0. The predicted molar refractivity (Wildman–Crippen MR) is 325 cm³/mol. The minimum atomic E-state index is 0.444. The molecule has 9 heteroatoms. The summed E-state index contributed by atoms with van der Waals surface area (Å²) in [5.41, 5.74) is 18.1. The quantitative estimate of drug-likeness (QED) is 0.144. The zero-order valence-electron chi connectivity index (χ0n) is 43.0. The van der Waals surface area contributed by atoms with Crippen molar-refractivity contribution in [3.63, 3.8) is 0 Å². The van der Waals surface area contributed by atoms with Crippen molar-refractivity contribution in [1.29, 1.82) is 0 Å². The van der Waals surface area contributed by atoms with Crippen LogP contribution in [0.25, 0.3) is 145 Å². The van der Waals surface area contributed by atoms with Crippen molar-refractivity contribution in [2.75, 3.05) is 0 Å². The first-order valence-corrected chi connectivity index (χ1v) is 26.8. The maximum Gasteiger partial charge on any atom is 0.255 e.